The normalized spacial score (nSPS) is 23.1. The van der Waals surface area contributed by atoms with Crippen LogP contribution in [0.15, 0.2) is 40.9 Å². The molecule has 1 aromatic carbocycles. The molecule has 0 bridgehead atoms. The molecule has 1 heterocycles. The third-order valence-corrected chi connectivity index (χ3v) is 3.30. The maximum atomic E-state index is 12.1. The SMILES string of the molecule is C/C(Cl)=C1/C(=O)N(Cc2ccccc2)CC1C. The molecule has 90 valence electrons. The smallest absolute Gasteiger partial charge is 0.251 e. The summed E-state index contributed by atoms with van der Waals surface area (Å²) in [6.45, 7) is 5.26. The van der Waals surface area contributed by atoms with Gasteiger partial charge in [0.15, 0.2) is 0 Å². The Labute approximate surface area is 107 Å². The number of hydrogen-bond acceptors (Lipinski definition) is 1. The summed E-state index contributed by atoms with van der Waals surface area (Å²) in [6.07, 6.45) is 0. The molecule has 3 heteroatoms. The minimum Gasteiger partial charge on any atom is -0.334 e. The van der Waals surface area contributed by atoms with Crippen LogP contribution in [0.25, 0.3) is 0 Å². The van der Waals surface area contributed by atoms with Gasteiger partial charge >= 0.3 is 0 Å². The first kappa shape index (κ1) is 12.2. The molecule has 1 aliphatic heterocycles. The summed E-state index contributed by atoms with van der Waals surface area (Å²) < 4.78 is 0. The van der Waals surface area contributed by atoms with Crippen molar-refractivity contribution in [2.45, 2.75) is 20.4 Å². The molecule has 0 saturated carbocycles. The molecule has 1 unspecified atom stereocenters. The van der Waals surface area contributed by atoms with Crippen molar-refractivity contribution in [1.29, 1.82) is 0 Å². The number of likely N-dealkylation sites (tertiary alicyclic amines) is 1. The van der Waals surface area contributed by atoms with E-state index in [1.807, 2.05) is 42.2 Å². The molecule has 1 saturated heterocycles. The minimum absolute atomic E-state index is 0.0776. The van der Waals surface area contributed by atoms with Gasteiger partial charge in [0.25, 0.3) is 5.91 Å². The van der Waals surface area contributed by atoms with Crippen LogP contribution in [0.3, 0.4) is 0 Å². The van der Waals surface area contributed by atoms with E-state index in [1.165, 1.54) is 0 Å². The number of allylic oxidation sites excluding steroid dienone is 1. The van der Waals surface area contributed by atoms with E-state index in [9.17, 15) is 4.79 Å². The molecule has 2 rings (SSSR count). The second-order valence-corrected chi connectivity index (χ2v) is 5.09. The molecule has 1 aromatic rings. The average molecular weight is 250 g/mol. The zero-order chi connectivity index (χ0) is 12.4. The van der Waals surface area contributed by atoms with Gasteiger partial charge in [-0.25, -0.2) is 0 Å². The Morgan fingerprint density at radius 2 is 2.06 bits per heavy atom. The quantitative estimate of drug-likeness (QED) is 0.738. The number of nitrogens with zero attached hydrogens (tertiary/aromatic N) is 1. The first-order valence-corrected chi connectivity index (χ1v) is 6.17. The first-order valence-electron chi connectivity index (χ1n) is 5.79. The van der Waals surface area contributed by atoms with Crippen molar-refractivity contribution in [1.82, 2.24) is 4.90 Å². The van der Waals surface area contributed by atoms with Gasteiger partial charge in [-0.3, -0.25) is 4.79 Å². The topological polar surface area (TPSA) is 20.3 Å². The number of halogens is 1. The van der Waals surface area contributed by atoms with Crippen LogP contribution in [0, 0.1) is 5.92 Å². The molecule has 0 radical (unpaired) electrons. The molecule has 1 fully saturated rings. The Morgan fingerprint density at radius 3 is 2.59 bits per heavy atom. The highest BCUT2D eigenvalue weighted by atomic mass is 35.5. The third kappa shape index (κ3) is 2.52. The number of carbonyl (C=O) groups is 1. The third-order valence-electron chi connectivity index (χ3n) is 3.09. The lowest BCUT2D eigenvalue weighted by Gasteiger charge is -2.15. The summed E-state index contributed by atoms with van der Waals surface area (Å²) in [5.41, 5.74) is 1.92. The molecule has 0 N–H and O–H groups in total. The van der Waals surface area contributed by atoms with E-state index in [0.29, 0.717) is 11.6 Å². The van der Waals surface area contributed by atoms with Crippen LogP contribution in [0.2, 0.25) is 0 Å². The summed E-state index contributed by atoms with van der Waals surface area (Å²) in [7, 11) is 0. The van der Waals surface area contributed by atoms with E-state index in [1.54, 1.807) is 6.92 Å². The van der Waals surface area contributed by atoms with Crippen molar-refractivity contribution in [2.24, 2.45) is 5.92 Å². The number of carbonyl (C=O) groups excluding carboxylic acids is 1. The van der Waals surface area contributed by atoms with Gasteiger partial charge in [-0.1, -0.05) is 48.9 Å². The van der Waals surface area contributed by atoms with Gasteiger partial charge in [0.1, 0.15) is 0 Å². The summed E-state index contributed by atoms with van der Waals surface area (Å²) in [6, 6.07) is 10.0. The van der Waals surface area contributed by atoms with Crippen LogP contribution < -0.4 is 0 Å². The summed E-state index contributed by atoms with van der Waals surface area (Å²) >= 11 is 5.97. The second kappa shape index (κ2) is 4.92. The van der Waals surface area contributed by atoms with Gasteiger partial charge in [0, 0.05) is 29.6 Å². The highest BCUT2D eigenvalue weighted by molar-refractivity contribution is 6.31. The Morgan fingerprint density at radius 1 is 1.41 bits per heavy atom. The molecule has 1 atom stereocenters. The van der Waals surface area contributed by atoms with Gasteiger partial charge in [-0.2, -0.15) is 0 Å². The summed E-state index contributed by atoms with van der Waals surface area (Å²) in [5.74, 6) is 0.303. The lowest BCUT2D eigenvalue weighted by Crippen LogP contribution is -2.24. The maximum absolute atomic E-state index is 12.1. The number of amides is 1. The monoisotopic (exact) mass is 249 g/mol. The van der Waals surface area contributed by atoms with Crippen LogP contribution in [0.1, 0.15) is 19.4 Å². The molecule has 0 spiro atoms. The van der Waals surface area contributed by atoms with E-state index >= 15 is 0 Å². The zero-order valence-electron chi connectivity index (χ0n) is 10.1. The van der Waals surface area contributed by atoms with E-state index < -0.39 is 0 Å². The van der Waals surface area contributed by atoms with Gasteiger partial charge in [-0.15, -0.1) is 0 Å². The van der Waals surface area contributed by atoms with Crippen molar-refractivity contribution < 1.29 is 4.79 Å². The Balaban J connectivity index is 2.16. The van der Waals surface area contributed by atoms with Gasteiger partial charge in [-0.05, 0) is 12.5 Å². The van der Waals surface area contributed by atoms with E-state index in [4.69, 9.17) is 11.6 Å². The largest absolute Gasteiger partial charge is 0.334 e. The molecular weight excluding hydrogens is 234 g/mol. The van der Waals surface area contributed by atoms with Gasteiger partial charge < -0.3 is 4.90 Å². The summed E-state index contributed by atoms with van der Waals surface area (Å²) in [5, 5.41) is 0.623. The van der Waals surface area contributed by atoms with Crippen LogP contribution >= 0.6 is 11.6 Å². The fourth-order valence-corrected chi connectivity index (χ4v) is 2.58. The van der Waals surface area contributed by atoms with Crippen LogP contribution in [-0.4, -0.2) is 17.4 Å². The highest BCUT2D eigenvalue weighted by Crippen LogP contribution is 2.29. The maximum Gasteiger partial charge on any atom is 0.251 e. The average Bonchev–Trinajstić information content (AvgIpc) is 2.55. The standard InChI is InChI=1S/C14H16ClNO/c1-10-8-16(14(17)13(10)11(2)15)9-12-6-4-3-5-7-12/h3-7,10H,8-9H2,1-2H3/b13-11-. The Hall–Kier alpha value is -1.28. The fraction of sp³-hybridized carbons (Fsp3) is 0.357. The van der Waals surface area contributed by atoms with Crippen molar-refractivity contribution >= 4 is 17.5 Å². The van der Waals surface area contributed by atoms with Crippen LogP contribution in [-0.2, 0) is 11.3 Å². The number of rotatable bonds is 2. The van der Waals surface area contributed by atoms with Crippen LogP contribution in [0.5, 0.6) is 0 Å². The molecule has 17 heavy (non-hydrogen) atoms. The molecule has 0 aliphatic carbocycles. The molecular formula is C14H16ClNO. The highest BCUT2D eigenvalue weighted by Gasteiger charge is 2.33. The molecule has 1 amide bonds. The predicted molar refractivity (Wildman–Crippen MR) is 69.6 cm³/mol. The van der Waals surface area contributed by atoms with Crippen molar-refractivity contribution in [2.75, 3.05) is 6.54 Å². The predicted octanol–water partition coefficient (Wildman–Crippen LogP) is 3.18. The molecule has 1 aliphatic rings. The molecule has 0 aromatic heterocycles. The van der Waals surface area contributed by atoms with Gasteiger partial charge in [0.2, 0.25) is 0 Å². The zero-order valence-corrected chi connectivity index (χ0v) is 10.9. The number of benzene rings is 1. The van der Waals surface area contributed by atoms with Crippen molar-refractivity contribution in [3.63, 3.8) is 0 Å². The van der Waals surface area contributed by atoms with Crippen molar-refractivity contribution in [3.05, 3.63) is 46.5 Å². The van der Waals surface area contributed by atoms with Crippen LogP contribution in [0.4, 0.5) is 0 Å². The van der Waals surface area contributed by atoms with E-state index in [0.717, 1.165) is 17.7 Å². The van der Waals surface area contributed by atoms with Gasteiger partial charge in [0.05, 0.1) is 0 Å². The lowest BCUT2D eigenvalue weighted by atomic mass is 10.1. The molecule has 2 nitrogen and oxygen atoms in total. The van der Waals surface area contributed by atoms with Crippen molar-refractivity contribution in [3.8, 4) is 0 Å². The Kier molecular flexibility index (Phi) is 3.53. The number of hydrogen-bond donors (Lipinski definition) is 0. The lowest BCUT2D eigenvalue weighted by molar-refractivity contribution is -0.125. The fourth-order valence-electron chi connectivity index (χ4n) is 2.31. The van der Waals surface area contributed by atoms with E-state index in [2.05, 4.69) is 0 Å². The second-order valence-electron chi connectivity index (χ2n) is 4.52. The van der Waals surface area contributed by atoms with E-state index in [-0.39, 0.29) is 11.8 Å². The minimum atomic E-state index is 0.0776. The first-order chi connectivity index (χ1) is 8.09. The summed E-state index contributed by atoms with van der Waals surface area (Å²) in [4.78, 5) is 14.0. The Bertz CT molecular complexity index is 449.